The van der Waals surface area contributed by atoms with Crippen molar-refractivity contribution in [1.82, 2.24) is 0 Å². The predicted molar refractivity (Wildman–Crippen MR) is 132 cm³/mol. The van der Waals surface area contributed by atoms with E-state index >= 15 is 0 Å². The Bertz CT molecular complexity index is 1250. The van der Waals surface area contributed by atoms with Crippen LogP contribution in [-0.4, -0.2) is 11.6 Å². The molecule has 5 rings (SSSR count). The molecule has 2 aliphatic rings. The topological polar surface area (TPSA) is 44.7 Å². The van der Waals surface area contributed by atoms with Crippen molar-refractivity contribution in [3.8, 4) is 0 Å². The quantitative estimate of drug-likeness (QED) is 0.451. The SMILES string of the molecule is CC(C)(C)C1=NN(c2ccccc2Cl)[C@]2(C(=O)Nc3ccc(Cl)cc32)[C@H]1c1ccccc1. The van der Waals surface area contributed by atoms with E-state index in [-0.39, 0.29) is 17.2 Å². The Balaban J connectivity index is 1.89. The highest BCUT2D eigenvalue weighted by Crippen LogP contribution is 2.58. The number of carbonyl (C=O) groups excluding carboxylic acids is 1. The lowest BCUT2D eigenvalue weighted by Crippen LogP contribution is -2.51. The van der Waals surface area contributed by atoms with E-state index < -0.39 is 5.54 Å². The molecule has 0 bridgehead atoms. The van der Waals surface area contributed by atoms with Crippen LogP contribution in [-0.2, 0) is 10.3 Å². The van der Waals surface area contributed by atoms with E-state index in [1.54, 1.807) is 6.07 Å². The monoisotopic (exact) mass is 463 g/mol. The first-order valence-corrected chi connectivity index (χ1v) is 11.3. The molecule has 2 heterocycles. The van der Waals surface area contributed by atoms with Crippen molar-refractivity contribution in [3.05, 3.63) is 94.0 Å². The van der Waals surface area contributed by atoms with Crippen LogP contribution < -0.4 is 10.3 Å². The third-order valence-corrected chi connectivity index (χ3v) is 6.76. The Hall–Kier alpha value is -2.82. The molecule has 162 valence electrons. The first-order valence-electron chi connectivity index (χ1n) is 10.5. The van der Waals surface area contributed by atoms with Crippen molar-refractivity contribution < 1.29 is 4.79 Å². The van der Waals surface area contributed by atoms with Gasteiger partial charge >= 0.3 is 0 Å². The Labute approximate surface area is 197 Å². The maximum absolute atomic E-state index is 14.0. The third kappa shape index (κ3) is 2.97. The molecule has 0 radical (unpaired) electrons. The number of hydrogen-bond donors (Lipinski definition) is 1. The molecule has 0 fully saturated rings. The van der Waals surface area contributed by atoms with Crippen molar-refractivity contribution in [2.75, 3.05) is 10.3 Å². The summed E-state index contributed by atoms with van der Waals surface area (Å²) in [7, 11) is 0. The smallest absolute Gasteiger partial charge is 0.258 e. The molecule has 0 unspecified atom stereocenters. The van der Waals surface area contributed by atoms with Gasteiger partial charge in [-0.3, -0.25) is 4.79 Å². The number of amides is 1. The summed E-state index contributed by atoms with van der Waals surface area (Å²) in [6, 6.07) is 23.1. The molecular weight excluding hydrogens is 441 g/mol. The van der Waals surface area contributed by atoms with Gasteiger partial charge in [0.05, 0.1) is 22.3 Å². The minimum Gasteiger partial charge on any atom is -0.323 e. The molecule has 3 aromatic rings. The molecule has 4 nitrogen and oxygen atoms in total. The summed E-state index contributed by atoms with van der Waals surface area (Å²) in [6.45, 7) is 6.37. The average Bonchev–Trinajstić information content (AvgIpc) is 3.26. The van der Waals surface area contributed by atoms with E-state index in [4.69, 9.17) is 28.3 Å². The standard InChI is InChI=1S/C26H23Cl2N3O/c1-25(2,3)23-22(16-9-5-4-6-10-16)26(31(30-23)21-12-8-7-11-19(21)28)18-15-17(27)13-14-20(18)29-24(26)32/h4-15,22H,1-3H3,(H,29,32)/t22-,26-/m0/s1. The summed E-state index contributed by atoms with van der Waals surface area (Å²) >= 11 is 13.1. The van der Waals surface area contributed by atoms with Crippen LogP contribution in [0.4, 0.5) is 11.4 Å². The van der Waals surface area contributed by atoms with Gasteiger partial charge in [0.2, 0.25) is 0 Å². The normalized spacial score (nSPS) is 22.2. The van der Waals surface area contributed by atoms with Crippen LogP contribution in [0, 0.1) is 5.41 Å². The molecule has 2 atom stereocenters. The highest BCUT2D eigenvalue weighted by molar-refractivity contribution is 6.34. The van der Waals surface area contributed by atoms with Crippen molar-refractivity contribution in [1.29, 1.82) is 0 Å². The number of para-hydroxylation sites is 1. The molecule has 6 heteroatoms. The van der Waals surface area contributed by atoms with Gasteiger partial charge in [0.15, 0.2) is 5.54 Å². The van der Waals surface area contributed by atoms with Crippen molar-refractivity contribution in [2.45, 2.75) is 32.2 Å². The molecule has 1 N–H and O–H groups in total. The second kappa shape index (κ2) is 7.36. The maximum Gasteiger partial charge on any atom is 0.258 e. The van der Waals surface area contributed by atoms with Crippen LogP contribution in [0.1, 0.15) is 37.8 Å². The van der Waals surface area contributed by atoms with Gasteiger partial charge in [-0.2, -0.15) is 5.10 Å². The Morgan fingerprint density at radius 2 is 1.66 bits per heavy atom. The van der Waals surface area contributed by atoms with Crippen molar-refractivity contribution >= 4 is 46.2 Å². The van der Waals surface area contributed by atoms with Crippen LogP contribution in [0.5, 0.6) is 0 Å². The van der Waals surface area contributed by atoms with Crippen molar-refractivity contribution in [3.63, 3.8) is 0 Å². The maximum atomic E-state index is 14.0. The summed E-state index contributed by atoms with van der Waals surface area (Å²) in [6.07, 6.45) is 0. The molecule has 0 aromatic heterocycles. The number of benzene rings is 3. The van der Waals surface area contributed by atoms with E-state index in [1.807, 2.05) is 59.6 Å². The molecule has 32 heavy (non-hydrogen) atoms. The van der Waals surface area contributed by atoms with E-state index in [2.05, 4.69) is 38.2 Å². The number of carbonyl (C=O) groups is 1. The summed E-state index contributed by atoms with van der Waals surface area (Å²) in [5.74, 6) is -0.480. The molecule has 1 spiro atoms. The minimum absolute atomic E-state index is 0.147. The number of anilines is 2. The van der Waals surface area contributed by atoms with Gasteiger partial charge in [-0.05, 0) is 35.9 Å². The van der Waals surface area contributed by atoms with Crippen LogP contribution in [0.3, 0.4) is 0 Å². The fourth-order valence-corrected chi connectivity index (χ4v) is 5.22. The third-order valence-electron chi connectivity index (χ3n) is 6.20. The van der Waals surface area contributed by atoms with Gasteiger partial charge in [-0.15, -0.1) is 0 Å². The Morgan fingerprint density at radius 1 is 0.969 bits per heavy atom. The average molecular weight is 464 g/mol. The number of halogens is 2. The number of nitrogens with one attached hydrogen (secondary N) is 1. The number of hydrazone groups is 1. The first kappa shape index (κ1) is 21.0. The van der Waals surface area contributed by atoms with Crippen LogP contribution in [0.2, 0.25) is 10.0 Å². The summed E-state index contributed by atoms with van der Waals surface area (Å²) in [5, 5.41) is 11.1. The fraction of sp³-hybridized carbons (Fsp3) is 0.231. The van der Waals surface area contributed by atoms with Gasteiger partial charge in [0, 0.05) is 21.7 Å². The highest BCUT2D eigenvalue weighted by atomic mass is 35.5. The van der Waals surface area contributed by atoms with Crippen LogP contribution in [0.25, 0.3) is 0 Å². The summed E-state index contributed by atoms with van der Waals surface area (Å²) in [4.78, 5) is 14.0. The minimum atomic E-state index is -1.16. The molecule has 1 amide bonds. The zero-order chi connectivity index (χ0) is 22.7. The second-order valence-electron chi connectivity index (χ2n) is 9.25. The largest absolute Gasteiger partial charge is 0.323 e. The van der Waals surface area contributed by atoms with E-state index in [0.29, 0.717) is 15.7 Å². The Morgan fingerprint density at radius 3 is 2.34 bits per heavy atom. The molecule has 0 saturated carbocycles. The van der Waals surface area contributed by atoms with Crippen LogP contribution >= 0.6 is 23.2 Å². The van der Waals surface area contributed by atoms with Gasteiger partial charge in [-0.1, -0.05) is 86.4 Å². The number of nitrogens with zero attached hydrogens (tertiary/aromatic N) is 2. The van der Waals surface area contributed by atoms with Gasteiger partial charge < -0.3 is 5.32 Å². The zero-order valence-electron chi connectivity index (χ0n) is 18.1. The molecule has 2 aliphatic heterocycles. The van der Waals surface area contributed by atoms with Gasteiger partial charge in [0.1, 0.15) is 0 Å². The lowest BCUT2D eigenvalue weighted by molar-refractivity contribution is -0.120. The number of rotatable bonds is 2. The molecular formula is C26H23Cl2N3O. The first-order chi connectivity index (χ1) is 15.2. The van der Waals surface area contributed by atoms with Gasteiger partial charge in [0.25, 0.3) is 5.91 Å². The predicted octanol–water partition coefficient (Wildman–Crippen LogP) is 6.85. The highest BCUT2D eigenvalue weighted by Gasteiger charge is 2.64. The number of fused-ring (bicyclic) bond motifs is 2. The van der Waals surface area contributed by atoms with Crippen molar-refractivity contribution in [2.24, 2.45) is 10.5 Å². The summed E-state index contributed by atoms with van der Waals surface area (Å²) in [5.41, 5.74) is 2.68. The van der Waals surface area contributed by atoms with E-state index in [0.717, 1.165) is 22.5 Å². The second-order valence-corrected chi connectivity index (χ2v) is 10.1. The lowest BCUT2D eigenvalue weighted by atomic mass is 9.68. The molecule has 0 saturated heterocycles. The molecule has 3 aromatic carbocycles. The zero-order valence-corrected chi connectivity index (χ0v) is 19.6. The molecule has 0 aliphatic carbocycles. The summed E-state index contributed by atoms with van der Waals surface area (Å²) < 4.78 is 0. The lowest BCUT2D eigenvalue weighted by Gasteiger charge is -2.38. The van der Waals surface area contributed by atoms with Crippen LogP contribution in [0.15, 0.2) is 77.9 Å². The number of hydrogen-bond acceptors (Lipinski definition) is 3. The van der Waals surface area contributed by atoms with Gasteiger partial charge in [-0.25, -0.2) is 5.01 Å². The van der Waals surface area contributed by atoms with E-state index in [9.17, 15) is 4.79 Å². The van der Waals surface area contributed by atoms with E-state index in [1.165, 1.54) is 0 Å². The fourth-order valence-electron chi connectivity index (χ4n) is 4.84. The Kier molecular flexibility index (Phi) is 4.84.